The summed E-state index contributed by atoms with van der Waals surface area (Å²) >= 11 is 0. The van der Waals surface area contributed by atoms with Crippen LogP contribution in [0.3, 0.4) is 0 Å². The Kier molecular flexibility index (Phi) is 6.37. The maximum Gasteiger partial charge on any atom is 0.266 e. The highest BCUT2D eigenvalue weighted by molar-refractivity contribution is 5.91. The second kappa shape index (κ2) is 9.36. The molecule has 7 nitrogen and oxygen atoms in total. The normalized spacial score (nSPS) is 17.1. The number of aromatic nitrogens is 1. The van der Waals surface area contributed by atoms with E-state index in [2.05, 4.69) is 4.98 Å². The third kappa shape index (κ3) is 4.29. The van der Waals surface area contributed by atoms with Crippen molar-refractivity contribution < 1.29 is 19.5 Å². The van der Waals surface area contributed by atoms with Gasteiger partial charge < -0.3 is 9.64 Å². The van der Waals surface area contributed by atoms with Gasteiger partial charge in [0.05, 0.1) is 11.4 Å². The van der Waals surface area contributed by atoms with Gasteiger partial charge in [0.15, 0.2) is 0 Å². The number of nitrogens with zero attached hydrogens (tertiary/aromatic N) is 2. The molecule has 166 valence electrons. The van der Waals surface area contributed by atoms with Gasteiger partial charge in [-0.3, -0.25) is 19.8 Å². The molecular formula is C25H27N3O4. The number of amides is 2. The third-order valence-electron chi connectivity index (χ3n) is 6.00. The van der Waals surface area contributed by atoms with E-state index in [1.165, 1.54) is 0 Å². The molecule has 1 aromatic heterocycles. The van der Waals surface area contributed by atoms with Crippen LogP contribution in [0.2, 0.25) is 0 Å². The predicted molar refractivity (Wildman–Crippen MR) is 120 cm³/mol. The number of rotatable bonds is 7. The first-order valence-electron chi connectivity index (χ1n) is 10.8. The van der Waals surface area contributed by atoms with E-state index < -0.39 is 11.9 Å². The molecule has 1 fully saturated rings. The first-order chi connectivity index (χ1) is 15.5. The van der Waals surface area contributed by atoms with Gasteiger partial charge in [-0.25, -0.2) is 5.48 Å². The summed E-state index contributed by atoms with van der Waals surface area (Å²) in [7, 11) is 0. The Morgan fingerprint density at radius 1 is 1.19 bits per heavy atom. The summed E-state index contributed by atoms with van der Waals surface area (Å²) in [6.07, 6.45) is 2.41. The monoisotopic (exact) mass is 433 g/mol. The summed E-state index contributed by atoms with van der Waals surface area (Å²) in [6.45, 7) is 4.62. The number of hydroxylamine groups is 1. The smallest absolute Gasteiger partial charge is 0.266 e. The highest BCUT2D eigenvalue weighted by atomic mass is 16.5. The van der Waals surface area contributed by atoms with Gasteiger partial charge >= 0.3 is 0 Å². The SMILES string of the molecule is CC(C)C(C(=O)NO)N1CCC(c2ccc(OCc3ccnc4ccccc34)cc2)C1=O. The zero-order chi connectivity index (χ0) is 22.7. The largest absolute Gasteiger partial charge is 0.489 e. The highest BCUT2D eigenvalue weighted by Crippen LogP contribution is 2.32. The zero-order valence-electron chi connectivity index (χ0n) is 18.2. The summed E-state index contributed by atoms with van der Waals surface area (Å²) in [5.74, 6) is -0.340. The number of hydrogen-bond donors (Lipinski definition) is 2. The topological polar surface area (TPSA) is 91.8 Å². The Bertz CT molecular complexity index is 1110. The molecular weight excluding hydrogens is 406 g/mol. The van der Waals surface area contributed by atoms with E-state index >= 15 is 0 Å². The predicted octanol–water partition coefficient (Wildman–Crippen LogP) is 3.66. The van der Waals surface area contributed by atoms with Gasteiger partial charge in [-0.1, -0.05) is 44.2 Å². The van der Waals surface area contributed by atoms with Gasteiger partial charge in [0, 0.05) is 23.7 Å². The number of fused-ring (bicyclic) bond motifs is 1. The minimum Gasteiger partial charge on any atom is -0.489 e. The van der Waals surface area contributed by atoms with Crippen LogP contribution in [-0.2, 0) is 16.2 Å². The lowest BCUT2D eigenvalue weighted by Crippen LogP contribution is -2.50. The van der Waals surface area contributed by atoms with E-state index in [9.17, 15) is 9.59 Å². The fourth-order valence-electron chi connectivity index (χ4n) is 4.40. The van der Waals surface area contributed by atoms with Crippen LogP contribution in [0.5, 0.6) is 5.75 Å². The lowest BCUT2D eigenvalue weighted by molar-refractivity contribution is -0.144. The van der Waals surface area contributed by atoms with E-state index in [0.29, 0.717) is 19.6 Å². The lowest BCUT2D eigenvalue weighted by atomic mass is 9.97. The van der Waals surface area contributed by atoms with Crippen LogP contribution in [-0.4, -0.2) is 39.5 Å². The molecule has 1 aliphatic heterocycles. The number of carbonyl (C=O) groups is 2. The van der Waals surface area contributed by atoms with Crippen LogP contribution in [0.1, 0.15) is 37.3 Å². The molecule has 2 amide bonds. The van der Waals surface area contributed by atoms with Gasteiger partial charge in [-0.15, -0.1) is 0 Å². The molecule has 0 saturated carbocycles. The number of likely N-dealkylation sites (tertiary alicyclic amines) is 1. The van der Waals surface area contributed by atoms with E-state index in [4.69, 9.17) is 9.94 Å². The average Bonchev–Trinajstić information content (AvgIpc) is 3.18. The average molecular weight is 434 g/mol. The van der Waals surface area contributed by atoms with Gasteiger partial charge in [-0.2, -0.15) is 0 Å². The van der Waals surface area contributed by atoms with E-state index in [1.54, 1.807) is 16.6 Å². The maximum atomic E-state index is 13.0. The molecule has 7 heteroatoms. The van der Waals surface area contributed by atoms with E-state index in [1.807, 2.05) is 68.4 Å². The molecule has 2 atom stereocenters. The fraction of sp³-hybridized carbons (Fsp3) is 0.320. The summed E-state index contributed by atoms with van der Waals surface area (Å²) in [5.41, 5.74) is 4.58. The van der Waals surface area contributed by atoms with Crippen LogP contribution in [0.4, 0.5) is 0 Å². The molecule has 1 aliphatic rings. The van der Waals surface area contributed by atoms with Gasteiger partial charge in [-0.05, 0) is 42.2 Å². The summed E-state index contributed by atoms with van der Waals surface area (Å²) in [6, 6.07) is 16.8. The van der Waals surface area contributed by atoms with E-state index in [-0.39, 0.29) is 17.7 Å². The molecule has 2 unspecified atom stereocenters. The minimum absolute atomic E-state index is 0.0933. The second-order valence-electron chi connectivity index (χ2n) is 8.38. The molecule has 0 radical (unpaired) electrons. The number of carbonyl (C=O) groups excluding carboxylic acids is 2. The number of ether oxygens (including phenoxy) is 1. The molecule has 32 heavy (non-hydrogen) atoms. The van der Waals surface area contributed by atoms with Gasteiger partial charge in [0.1, 0.15) is 18.4 Å². The van der Waals surface area contributed by atoms with Gasteiger partial charge in [0.25, 0.3) is 5.91 Å². The number of hydrogen-bond acceptors (Lipinski definition) is 5. The van der Waals surface area contributed by atoms with Crippen molar-refractivity contribution in [2.24, 2.45) is 5.92 Å². The van der Waals surface area contributed by atoms with Crippen LogP contribution < -0.4 is 10.2 Å². The standard InChI is InChI=1S/C25H27N3O4/c1-16(2)23(24(29)27-31)28-14-12-21(25(28)30)17-7-9-19(10-8-17)32-15-18-11-13-26-22-6-4-3-5-20(18)22/h3-11,13,16,21,23,31H,12,14-15H2,1-2H3,(H,27,29). The molecule has 0 bridgehead atoms. The van der Waals surface area contributed by atoms with Crippen molar-refractivity contribution >= 4 is 22.7 Å². The number of pyridine rings is 1. The zero-order valence-corrected chi connectivity index (χ0v) is 18.2. The van der Waals surface area contributed by atoms with Crippen molar-refractivity contribution in [3.8, 4) is 5.75 Å². The minimum atomic E-state index is -0.685. The van der Waals surface area contributed by atoms with Crippen LogP contribution >= 0.6 is 0 Å². The maximum absolute atomic E-state index is 13.0. The fourth-order valence-corrected chi connectivity index (χ4v) is 4.40. The molecule has 0 spiro atoms. The van der Waals surface area contributed by atoms with Gasteiger partial charge in [0.2, 0.25) is 5.91 Å². The van der Waals surface area contributed by atoms with Crippen LogP contribution in [0.15, 0.2) is 60.8 Å². The van der Waals surface area contributed by atoms with Crippen LogP contribution in [0, 0.1) is 5.92 Å². The Balaban J connectivity index is 1.43. The highest BCUT2D eigenvalue weighted by Gasteiger charge is 2.40. The van der Waals surface area contributed by atoms with Crippen molar-refractivity contribution in [1.29, 1.82) is 0 Å². The Labute approximate surface area is 187 Å². The third-order valence-corrected chi connectivity index (χ3v) is 6.00. The van der Waals surface area contributed by atoms with Crippen molar-refractivity contribution in [2.75, 3.05) is 6.54 Å². The van der Waals surface area contributed by atoms with Crippen molar-refractivity contribution in [2.45, 2.75) is 38.8 Å². The van der Waals surface area contributed by atoms with Crippen molar-refractivity contribution in [3.05, 3.63) is 71.9 Å². The van der Waals surface area contributed by atoms with Crippen LogP contribution in [0.25, 0.3) is 10.9 Å². The quantitative estimate of drug-likeness (QED) is 0.438. The molecule has 2 heterocycles. The summed E-state index contributed by atoms with van der Waals surface area (Å²) in [5, 5.41) is 10.1. The number of nitrogens with one attached hydrogen (secondary N) is 1. The van der Waals surface area contributed by atoms with Crippen molar-refractivity contribution in [1.82, 2.24) is 15.4 Å². The second-order valence-corrected chi connectivity index (χ2v) is 8.38. The number of para-hydroxylation sites is 1. The summed E-state index contributed by atoms with van der Waals surface area (Å²) in [4.78, 5) is 31.0. The Morgan fingerprint density at radius 3 is 2.66 bits per heavy atom. The van der Waals surface area contributed by atoms with E-state index in [0.717, 1.165) is 27.8 Å². The Morgan fingerprint density at radius 2 is 1.94 bits per heavy atom. The molecule has 2 N–H and O–H groups in total. The van der Waals surface area contributed by atoms with Crippen molar-refractivity contribution in [3.63, 3.8) is 0 Å². The Hall–Kier alpha value is -3.45. The molecule has 4 rings (SSSR count). The molecule has 3 aromatic rings. The molecule has 1 saturated heterocycles. The summed E-state index contributed by atoms with van der Waals surface area (Å²) < 4.78 is 5.98. The lowest BCUT2D eigenvalue weighted by Gasteiger charge is -2.29. The molecule has 0 aliphatic carbocycles. The molecule has 2 aromatic carbocycles. The first-order valence-corrected chi connectivity index (χ1v) is 10.8. The number of benzene rings is 2. The first kappa shape index (κ1) is 21.8.